The van der Waals surface area contributed by atoms with Crippen molar-refractivity contribution in [3.05, 3.63) is 64.4 Å². The predicted octanol–water partition coefficient (Wildman–Crippen LogP) is 3.95. The standard InChI is InChI=1S/C16H12BrN3O/c1-10-5-6-12(17)14(9-10)20-16(21)11-3-2-4-13-15(11)19-8-7-18-13/h2-9H,1H3,(H,20,21). The van der Waals surface area contributed by atoms with Crippen molar-refractivity contribution in [1.82, 2.24) is 9.97 Å². The van der Waals surface area contributed by atoms with Gasteiger partial charge in [-0.2, -0.15) is 0 Å². The first-order chi connectivity index (χ1) is 10.1. The molecule has 1 amide bonds. The van der Waals surface area contributed by atoms with E-state index < -0.39 is 0 Å². The third-order valence-electron chi connectivity index (χ3n) is 3.11. The van der Waals surface area contributed by atoms with Gasteiger partial charge in [-0.05, 0) is 52.7 Å². The molecule has 0 saturated carbocycles. The van der Waals surface area contributed by atoms with Gasteiger partial charge >= 0.3 is 0 Å². The lowest BCUT2D eigenvalue weighted by molar-refractivity contribution is 0.102. The summed E-state index contributed by atoms with van der Waals surface area (Å²) in [5, 5.41) is 2.91. The van der Waals surface area contributed by atoms with Gasteiger partial charge in [-0.15, -0.1) is 0 Å². The third-order valence-corrected chi connectivity index (χ3v) is 3.80. The molecule has 0 spiro atoms. The first-order valence-corrected chi connectivity index (χ1v) is 7.22. The molecular formula is C16H12BrN3O. The van der Waals surface area contributed by atoms with E-state index in [2.05, 4.69) is 31.2 Å². The Hall–Kier alpha value is -2.27. The number of halogens is 1. The van der Waals surface area contributed by atoms with Crippen LogP contribution in [0.15, 0.2) is 53.3 Å². The number of para-hydroxylation sites is 1. The van der Waals surface area contributed by atoms with Crippen LogP contribution in [0.4, 0.5) is 5.69 Å². The molecule has 0 radical (unpaired) electrons. The summed E-state index contributed by atoms with van der Waals surface area (Å²) < 4.78 is 0.841. The van der Waals surface area contributed by atoms with Crippen LogP contribution in [-0.4, -0.2) is 15.9 Å². The van der Waals surface area contributed by atoms with Crippen molar-refractivity contribution < 1.29 is 4.79 Å². The fourth-order valence-electron chi connectivity index (χ4n) is 2.10. The van der Waals surface area contributed by atoms with Crippen LogP contribution in [0.25, 0.3) is 11.0 Å². The lowest BCUT2D eigenvalue weighted by Crippen LogP contribution is -2.13. The van der Waals surface area contributed by atoms with Crippen molar-refractivity contribution in [2.75, 3.05) is 5.32 Å². The number of hydrogen-bond donors (Lipinski definition) is 1. The maximum atomic E-state index is 12.5. The van der Waals surface area contributed by atoms with Crippen LogP contribution >= 0.6 is 15.9 Å². The van der Waals surface area contributed by atoms with Crippen molar-refractivity contribution in [1.29, 1.82) is 0 Å². The van der Waals surface area contributed by atoms with E-state index in [0.29, 0.717) is 16.6 Å². The zero-order valence-corrected chi connectivity index (χ0v) is 12.9. The highest BCUT2D eigenvalue weighted by Crippen LogP contribution is 2.24. The second kappa shape index (κ2) is 5.61. The molecule has 0 saturated heterocycles. The topological polar surface area (TPSA) is 54.9 Å². The van der Waals surface area contributed by atoms with Crippen LogP contribution < -0.4 is 5.32 Å². The maximum Gasteiger partial charge on any atom is 0.257 e. The van der Waals surface area contributed by atoms with Crippen molar-refractivity contribution >= 4 is 38.6 Å². The number of benzene rings is 2. The number of nitrogens with one attached hydrogen (secondary N) is 1. The van der Waals surface area contributed by atoms with Crippen molar-refractivity contribution in [2.24, 2.45) is 0 Å². The normalized spacial score (nSPS) is 10.6. The molecule has 0 atom stereocenters. The van der Waals surface area contributed by atoms with Gasteiger partial charge in [0.2, 0.25) is 0 Å². The molecule has 0 aliphatic carbocycles. The van der Waals surface area contributed by atoms with E-state index in [-0.39, 0.29) is 5.91 Å². The Kier molecular flexibility index (Phi) is 3.66. The van der Waals surface area contributed by atoms with Gasteiger partial charge in [0.15, 0.2) is 0 Å². The molecule has 0 unspecified atom stereocenters. The number of carbonyl (C=O) groups excluding carboxylic acids is 1. The van der Waals surface area contributed by atoms with Crippen molar-refractivity contribution in [3.63, 3.8) is 0 Å². The summed E-state index contributed by atoms with van der Waals surface area (Å²) in [4.78, 5) is 21.0. The number of amides is 1. The van der Waals surface area contributed by atoms with E-state index in [4.69, 9.17) is 0 Å². The Morgan fingerprint density at radius 2 is 1.95 bits per heavy atom. The highest BCUT2D eigenvalue weighted by Gasteiger charge is 2.13. The van der Waals surface area contributed by atoms with Crippen LogP contribution in [0.2, 0.25) is 0 Å². The quantitative estimate of drug-likeness (QED) is 0.767. The molecule has 0 fully saturated rings. The molecule has 3 rings (SSSR count). The fraction of sp³-hybridized carbons (Fsp3) is 0.0625. The summed E-state index contributed by atoms with van der Waals surface area (Å²) in [6.07, 6.45) is 3.20. The zero-order chi connectivity index (χ0) is 14.8. The zero-order valence-electron chi connectivity index (χ0n) is 11.3. The van der Waals surface area contributed by atoms with Crippen LogP contribution in [0.5, 0.6) is 0 Å². The Morgan fingerprint density at radius 1 is 1.14 bits per heavy atom. The van der Waals surface area contributed by atoms with Crippen LogP contribution in [-0.2, 0) is 0 Å². The Balaban J connectivity index is 1.99. The number of nitrogens with zero attached hydrogens (tertiary/aromatic N) is 2. The van der Waals surface area contributed by atoms with E-state index in [9.17, 15) is 4.79 Å². The molecule has 1 heterocycles. The van der Waals surface area contributed by atoms with E-state index >= 15 is 0 Å². The van der Waals surface area contributed by atoms with E-state index in [0.717, 1.165) is 15.7 Å². The molecule has 0 bridgehead atoms. The van der Waals surface area contributed by atoms with Crippen molar-refractivity contribution in [2.45, 2.75) is 6.92 Å². The number of hydrogen-bond acceptors (Lipinski definition) is 3. The van der Waals surface area contributed by atoms with Gasteiger partial charge in [-0.1, -0.05) is 12.1 Å². The first kappa shape index (κ1) is 13.7. The minimum absolute atomic E-state index is 0.201. The number of aryl methyl sites for hydroxylation is 1. The highest BCUT2D eigenvalue weighted by molar-refractivity contribution is 9.10. The van der Waals surface area contributed by atoms with Gasteiger partial charge in [0.1, 0.15) is 5.52 Å². The highest BCUT2D eigenvalue weighted by atomic mass is 79.9. The second-order valence-electron chi connectivity index (χ2n) is 4.67. The molecule has 4 nitrogen and oxygen atoms in total. The average Bonchev–Trinajstić information content (AvgIpc) is 2.50. The summed E-state index contributed by atoms with van der Waals surface area (Å²) in [6.45, 7) is 1.98. The van der Waals surface area contributed by atoms with E-state index in [1.807, 2.05) is 31.2 Å². The molecular weight excluding hydrogens is 330 g/mol. The van der Waals surface area contributed by atoms with Gasteiger partial charge < -0.3 is 5.32 Å². The molecule has 104 valence electrons. The Bertz CT molecular complexity index is 827. The van der Waals surface area contributed by atoms with Gasteiger partial charge in [-0.25, -0.2) is 0 Å². The average molecular weight is 342 g/mol. The molecule has 5 heteroatoms. The smallest absolute Gasteiger partial charge is 0.257 e. The summed E-state index contributed by atoms with van der Waals surface area (Å²) in [7, 11) is 0. The Morgan fingerprint density at radius 3 is 2.81 bits per heavy atom. The lowest BCUT2D eigenvalue weighted by atomic mass is 10.1. The van der Waals surface area contributed by atoms with Crippen LogP contribution in [0.1, 0.15) is 15.9 Å². The number of aromatic nitrogens is 2. The predicted molar refractivity (Wildman–Crippen MR) is 86.4 cm³/mol. The Labute approximate surface area is 130 Å². The second-order valence-corrected chi connectivity index (χ2v) is 5.52. The molecule has 1 N–H and O–H groups in total. The monoisotopic (exact) mass is 341 g/mol. The summed E-state index contributed by atoms with van der Waals surface area (Å²) in [6, 6.07) is 11.2. The summed E-state index contributed by atoms with van der Waals surface area (Å²) in [5.74, 6) is -0.201. The molecule has 21 heavy (non-hydrogen) atoms. The summed E-state index contributed by atoms with van der Waals surface area (Å²) in [5.41, 5.74) is 3.62. The number of rotatable bonds is 2. The van der Waals surface area contributed by atoms with Crippen LogP contribution in [0.3, 0.4) is 0 Å². The van der Waals surface area contributed by atoms with Crippen molar-refractivity contribution in [3.8, 4) is 0 Å². The fourth-order valence-corrected chi connectivity index (χ4v) is 2.45. The molecule has 3 aromatic rings. The summed E-state index contributed by atoms with van der Waals surface area (Å²) >= 11 is 3.44. The first-order valence-electron chi connectivity index (χ1n) is 6.42. The largest absolute Gasteiger partial charge is 0.321 e. The molecule has 2 aromatic carbocycles. The molecule has 0 aliphatic heterocycles. The number of anilines is 1. The number of carbonyl (C=O) groups is 1. The van der Waals surface area contributed by atoms with E-state index in [1.54, 1.807) is 24.5 Å². The maximum absolute atomic E-state index is 12.5. The third kappa shape index (κ3) is 2.78. The minimum atomic E-state index is -0.201. The van der Waals surface area contributed by atoms with E-state index in [1.165, 1.54) is 0 Å². The molecule has 0 aliphatic rings. The minimum Gasteiger partial charge on any atom is -0.321 e. The lowest BCUT2D eigenvalue weighted by Gasteiger charge is -2.09. The van der Waals surface area contributed by atoms with Gasteiger partial charge in [0, 0.05) is 16.9 Å². The van der Waals surface area contributed by atoms with Gasteiger partial charge in [-0.3, -0.25) is 14.8 Å². The van der Waals surface area contributed by atoms with Gasteiger partial charge in [0.25, 0.3) is 5.91 Å². The van der Waals surface area contributed by atoms with Gasteiger partial charge in [0.05, 0.1) is 16.8 Å². The van der Waals surface area contributed by atoms with Crippen LogP contribution in [0, 0.1) is 6.92 Å². The molecule has 1 aromatic heterocycles. The number of fused-ring (bicyclic) bond motifs is 1. The SMILES string of the molecule is Cc1ccc(Br)c(NC(=O)c2cccc3nccnc23)c1.